The topological polar surface area (TPSA) is 94.6 Å². The molecule has 1 amide bonds. The Morgan fingerprint density at radius 3 is 2.92 bits per heavy atom. The monoisotopic (exact) mass is 332 g/mol. The molecule has 0 aliphatic carbocycles. The molecule has 9 nitrogen and oxygen atoms in total. The summed E-state index contributed by atoms with van der Waals surface area (Å²) in [7, 11) is 0. The van der Waals surface area contributed by atoms with Gasteiger partial charge in [0.15, 0.2) is 5.82 Å². The van der Waals surface area contributed by atoms with Crippen LogP contribution in [0.15, 0.2) is 6.33 Å². The van der Waals surface area contributed by atoms with Crippen LogP contribution in [0.25, 0.3) is 0 Å². The first-order valence-electron chi connectivity index (χ1n) is 8.48. The summed E-state index contributed by atoms with van der Waals surface area (Å²) in [5, 5.41) is 15.5. The molecule has 130 valence electrons. The summed E-state index contributed by atoms with van der Waals surface area (Å²) in [6.07, 6.45) is 3.86. The van der Waals surface area contributed by atoms with Gasteiger partial charge in [0.25, 0.3) is 0 Å². The van der Waals surface area contributed by atoms with E-state index in [9.17, 15) is 4.79 Å². The van der Waals surface area contributed by atoms with E-state index in [4.69, 9.17) is 0 Å². The van der Waals surface area contributed by atoms with Gasteiger partial charge in [-0.2, -0.15) is 5.10 Å². The van der Waals surface area contributed by atoms with E-state index in [1.165, 1.54) is 6.33 Å². The fourth-order valence-corrected chi connectivity index (χ4v) is 2.91. The maximum Gasteiger partial charge on any atom is 0.225 e. The number of tetrazole rings is 1. The van der Waals surface area contributed by atoms with Gasteiger partial charge >= 0.3 is 0 Å². The molecule has 3 rings (SSSR count). The molecular formula is C15H24N8O. The molecule has 3 heterocycles. The second-order valence-electron chi connectivity index (χ2n) is 6.63. The Bertz CT molecular complexity index is 678. The second kappa shape index (κ2) is 7.06. The third-order valence-corrected chi connectivity index (χ3v) is 4.35. The third-order valence-electron chi connectivity index (χ3n) is 4.35. The van der Waals surface area contributed by atoms with Crippen molar-refractivity contribution in [1.82, 2.24) is 39.9 Å². The molecule has 0 aromatic carbocycles. The van der Waals surface area contributed by atoms with Crippen LogP contribution in [0.1, 0.15) is 51.3 Å². The first-order valence-corrected chi connectivity index (χ1v) is 8.48. The van der Waals surface area contributed by atoms with Crippen LogP contribution in [-0.4, -0.2) is 52.3 Å². The summed E-state index contributed by atoms with van der Waals surface area (Å²) in [6, 6.07) is -0.0552. The van der Waals surface area contributed by atoms with E-state index in [1.807, 2.05) is 16.5 Å². The summed E-state index contributed by atoms with van der Waals surface area (Å²) in [5.41, 5.74) is 0. The van der Waals surface area contributed by atoms with Crippen molar-refractivity contribution in [2.24, 2.45) is 5.92 Å². The zero-order valence-electron chi connectivity index (χ0n) is 14.5. The van der Waals surface area contributed by atoms with Crippen LogP contribution in [0.5, 0.6) is 0 Å². The van der Waals surface area contributed by atoms with Crippen LogP contribution in [0, 0.1) is 5.92 Å². The lowest BCUT2D eigenvalue weighted by atomic mass is 10.1. The van der Waals surface area contributed by atoms with Gasteiger partial charge in [-0.3, -0.25) is 4.79 Å². The van der Waals surface area contributed by atoms with Crippen LogP contribution in [-0.2, 0) is 24.3 Å². The number of amides is 1. The maximum atomic E-state index is 12.5. The van der Waals surface area contributed by atoms with E-state index in [-0.39, 0.29) is 11.9 Å². The normalized spacial score (nSPS) is 17.3. The van der Waals surface area contributed by atoms with Crippen molar-refractivity contribution in [3.05, 3.63) is 18.0 Å². The molecule has 2 aromatic rings. The maximum absolute atomic E-state index is 12.5. The quantitative estimate of drug-likeness (QED) is 0.778. The molecule has 1 aliphatic heterocycles. The second-order valence-corrected chi connectivity index (χ2v) is 6.63. The van der Waals surface area contributed by atoms with Gasteiger partial charge in [-0.25, -0.2) is 14.3 Å². The Morgan fingerprint density at radius 2 is 2.21 bits per heavy atom. The summed E-state index contributed by atoms with van der Waals surface area (Å²) in [4.78, 5) is 19.1. The Labute approximate surface area is 141 Å². The summed E-state index contributed by atoms with van der Waals surface area (Å²) >= 11 is 0. The van der Waals surface area contributed by atoms with Crippen LogP contribution in [0.3, 0.4) is 0 Å². The molecule has 0 saturated heterocycles. The van der Waals surface area contributed by atoms with E-state index in [0.29, 0.717) is 32.0 Å². The van der Waals surface area contributed by atoms with E-state index in [1.54, 1.807) is 4.68 Å². The number of fused-ring (bicyclic) bond motifs is 1. The molecule has 24 heavy (non-hydrogen) atoms. The number of carbonyl (C=O) groups excluding carboxylic acids is 1. The first-order chi connectivity index (χ1) is 11.5. The lowest BCUT2D eigenvalue weighted by Crippen LogP contribution is -2.41. The minimum Gasteiger partial charge on any atom is -0.331 e. The summed E-state index contributed by atoms with van der Waals surface area (Å²) < 4.78 is 3.52. The van der Waals surface area contributed by atoms with Crippen molar-refractivity contribution in [3.63, 3.8) is 0 Å². The molecule has 0 unspecified atom stereocenters. The van der Waals surface area contributed by atoms with Crippen molar-refractivity contribution in [2.75, 3.05) is 6.54 Å². The average molecular weight is 332 g/mol. The van der Waals surface area contributed by atoms with Gasteiger partial charge in [0.05, 0.1) is 19.1 Å². The number of carbonyl (C=O) groups is 1. The van der Waals surface area contributed by atoms with Gasteiger partial charge in [0.2, 0.25) is 5.91 Å². The minimum atomic E-state index is -0.0552. The number of nitrogens with zero attached hydrogens (tertiary/aromatic N) is 8. The van der Waals surface area contributed by atoms with Gasteiger partial charge < -0.3 is 4.90 Å². The molecule has 2 aromatic heterocycles. The number of aryl methyl sites for hydroxylation is 2. The molecular weight excluding hydrogens is 308 g/mol. The Kier molecular flexibility index (Phi) is 4.86. The highest BCUT2D eigenvalue weighted by Crippen LogP contribution is 2.24. The smallest absolute Gasteiger partial charge is 0.225 e. The molecule has 0 radical (unpaired) electrons. The summed E-state index contributed by atoms with van der Waals surface area (Å²) in [5.74, 6) is 2.49. The number of rotatable bonds is 6. The number of hydrogen-bond donors (Lipinski definition) is 0. The van der Waals surface area contributed by atoms with Crippen molar-refractivity contribution < 1.29 is 4.79 Å². The predicted octanol–water partition coefficient (Wildman–Crippen LogP) is 0.847. The van der Waals surface area contributed by atoms with E-state index in [0.717, 1.165) is 24.5 Å². The van der Waals surface area contributed by atoms with Gasteiger partial charge in [0.1, 0.15) is 12.2 Å². The van der Waals surface area contributed by atoms with Gasteiger partial charge in [0, 0.05) is 19.4 Å². The van der Waals surface area contributed by atoms with Crippen LogP contribution >= 0.6 is 0 Å². The molecule has 9 heteroatoms. The van der Waals surface area contributed by atoms with Crippen LogP contribution in [0.2, 0.25) is 0 Å². The van der Waals surface area contributed by atoms with Crippen molar-refractivity contribution in [1.29, 1.82) is 0 Å². The molecule has 0 fully saturated rings. The van der Waals surface area contributed by atoms with Gasteiger partial charge in [-0.15, -0.1) is 5.10 Å². The highest BCUT2D eigenvalue weighted by atomic mass is 16.2. The molecule has 1 aliphatic rings. The largest absolute Gasteiger partial charge is 0.331 e. The molecule has 0 bridgehead atoms. The first kappa shape index (κ1) is 16.5. The van der Waals surface area contributed by atoms with E-state index >= 15 is 0 Å². The summed E-state index contributed by atoms with van der Waals surface area (Å²) in [6.45, 7) is 8.26. The average Bonchev–Trinajstić information content (AvgIpc) is 3.20. The fourth-order valence-electron chi connectivity index (χ4n) is 2.91. The van der Waals surface area contributed by atoms with E-state index < -0.39 is 0 Å². The molecule has 0 N–H and O–H groups in total. The van der Waals surface area contributed by atoms with E-state index in [2.05, 4.69) is 39.5 Å². The predicted molar refractivity (Wildman–Crippen MR) is 85.7 cm³/mol. The Morgan fingerprint density at radius 1 is 1.38 bits per heavy atom. The minimum absolute atomic E-state index is 0.0552. The zero-order valence-corrected chi connectivity index (χ0v) is 14.5. The van der Waals surface area contributed by atoms with Gasteiger partial charge in [-0.05, 0) is 29.7 Å². The fraction of sp³-hybridized carbons (Fsp3) is 0.733. The number of aromatic nitrogens is 7. The highest BCUT2D eigenvalue weighted by Gasteiger charge is 2.30. The molecule has 1 atom stereocenters. The third kappa shape index (κ3) is 3.60. The molecule has 0 saturated carbocycles. The standard InChI is InChI=1S/C15H24N8O/c1-11(2)4-5-13-17-15-12(3)22(8-9-23(15)18-13)14(24)6-7-21-10-16-19-20-21/h10-12H,4-9H2,1-3H3/t12-/m1/s1. The van der Waals surface area contributed by atoms with Crippen LogP contribution < -0.4 is 0 Å². The Hall–Kier alpha value is -2.32. The zero-order chi connectivity index (χ0) is 17.1. The van der Waals surface area contributed by atoms with Crippen LogP contribution in [0.4, 0.5) is 0 Å². The molecule has 0 spiro atoms. The van der Waals surface area contributed by atoms with Crippen molar-refractivity contribution in [3.8, 4) is 0 Å². The van der Waals surface area contributed by atoms with Crippen molar-refractivity contribution >= 4 is 5.91 Å². The SMILES string of the molecule is CC(C)CCc1nc2n(n1)CCN(C(=O)CCn1cnnn1)[C@@H]2C. The highest BCUT2D eigenvalue weighted by molar-refractivity contribution is 5.76. The van der Waals surface area contributed by atoms with Gasteiger partial charge in [-0.1, -0.05) is 13.8 Å². The Balaban J connectivity index is 1.63. The van der Waals surface area contributed by atoms with Crippen molar-refractivity contribution in [2.45, 2.75) is 59.2 Å². The lowest BCUT2D eigenvalue weighted by Gasteiger charge is -2.33. The lowest BCUT2D eigenvalue weighted by molar-refractivity contribution is -0.134. The number of hydrogen-bond acceptors (Lipinski definition) is 6.